The SMILES string of the molecule is CC1CCC(NCCC(=O)NC2CC2)CC1C. The van der Waals surface area contributed by atoms with Gasteiger partial charge in [0.05, 0.1) is 0 Å². The molecule has 3 unspecified atom stereocenters. The van der Waals surface area contributed by atoms with Crippen LogP contribution in [0.3, 0.4) is 0 Å². The molecule has 2 rings (SSSR count). The molecule has 1 amide bonds. The van der Waals surface area contributed by atoms with Crippen molar-refractivity contribution in [2.75, 3.05) is 6.54 Å². The second kappa shape index (κ2) is 5.85. The maximum absolute atomic E-state index is 11.5. The molecule has 0 aromatic heterocycles. The Morgan fingerprint density at radius 1 is 1.06 bits per heavy atom. The maximum atomic E-state index is 11.5. The third-order valence-corrected chi connectivity index (χ3v) is 4.33. The Morgan fingerprint density at radius 2 is 1.76 bits per heavy atom. The molecule has 3 nitrogen and oxygen atoms in total. The topological polar surface area (TPSA) is 41.1 Å². The molecule has 0 aromatic rings. The van der Waals surface area contributed by atoms with Crippen molar-refractivity contribution in [1.82, 2.24) is 10.6 Å². The highest BCUT2D eigenvalue weighted by Gasteiger charge is 2.25. The summed E-state index contributed by atoms with van der Waals surface area (Å²) in [4.78, 5) is 11.5. The van der Waals surface area contributed by atoms with Gasteiger partial charge in [-0.15, -0.1) is 0 Å². The van der Waals surface area contributed by atoms with Gasteiger partial charge in [-0.25, -0.2) is 0 Å². The van der Waals surface area contributed by atoms with E-state index in [1.807, 2.05) is 0 Å². The summed E-state index contributed by atoms with van der Waals surface area (Å²) in [6, 6.07) is 1.13. The molecule has 3 heteroatoms. The predicted molar refractivity (Wildman–Crippen MR) is 69.8 cm³/mol. The summed E-state index contributed by atoms with van der Waals surface area (Å²) in [5.74, 6) is 1.91. The summed E-state index contributed by atoms with van der Waals surface area (Å²) in [6.07, 6.45) is 6.86. The van der Waals surface area contributed by atoms with E-state index in [9.17, 15) is 4.79 Å². The van der Waals surface area contributed by atoms with Gasteiger partial charge in [-0.3, -0.25) is 4.79 Å². The Kier molecular flexibility index (Phi) is 4.43. The molecule has 0 spiro atoms. The average Bonchev–Trinajstić information content (AvgIpc) is 3.07. The number of amides is 1. The van der Waals surface area contributed by atoms with Crippen LogP contribution < -0.4 is 10.6 Å². The Balaban J connectivity index is 1.56. The minimum Gasteiger partial charge on any atom is -0.353 e. The first-order chi connectivity index (χ1) is 8.15. The van der Waals surface area contributed by atoms with Gasteiger partial charge in [0, 0.05) is 25.0 Å². The van der Waals surface area contributed by atoms with Crippen molar-refractivity contribution in [2.45, 2.75) is 64.5 Å². The fourth-order valence-corrected chi connectivity index (χ4v) is 2.65. The zero-order valence-corrected chi connectivity index (χ0v) is 11.2. The van der Waals surface area contributed by atoms with Crippen LogP contribution in [0.15, 0.2) is 0 Å². The Hall–Kier alpha value is -0.570. The molecule has 2 fully saturated rings. The summed E-state index contributed by atoms with van der Waals surface area (Å²) >= 11 is 0. The third kappa shape index (κ3) is 4.30. The Bertz CT molecular complexity index is 263. The third-order valence-electron chi connectivity index (χ3n) is 4.33. The zero-order chi connectivity index (χ0) is 12.3. The number of nitrogens with one attached hydrogen (secondary N) is 2. The summed E-state index contributed by atoms with van der Waals surface area (Å²) in [5.41, 5.74) is 0. The number of hydrogen-bond acceptors (Lipinski definition) is 2. The van der Waals surface area contributed by atoms with Crippen molar-refractivity contribution in [3.05, 3.63) is 0 Å². The van der Waals surface area contributed by atoms with E-state index in [1.165, 1.54) is 32.1 Å². The predicted octanol–water partition coefficient (Wildman–Crippen LogP) is 2.07. The molecule has 0 radical (unpaired) electrons. The van der Waals surface area contributed by atoms with Crippen molar-refractivity contribution >= 4 is 5.91 Å². The molecule has 0 bridgehead atoms. The first kappa shape index (κ1) is 12.9. The van der Waals surface area contributed by atoms with E-state index in [0.29, 0.717) is 18.5 Å². The second-order valence-corrected chi connectivity index (χ2v) is 6.01. The summed E-state index contributed by atoms with van der Waals surface area (Å²) in [6.45, 7) is 5.53. The van der Waals surface area contributed by atoms with Gasteiger partial charge in [-0.05, 0) is 43.9 Å². The molecule has 2 aliphatic carbocycles. The van der Waals surface area contributed by atoms with Gasteiger partial charge in [-0.2, -0.15) is 0 Å². The van der Waals surface area contributed by atoms with Crippen LogP contribution in [-0.4, -0.2) is 24.5 Å². The number of hydrogen-bond donors (Lipinski definition) is 2. The van der Waals surface area contributed by atoms with E-state index in [-0.39, 0.29) is 5.91 Å². The van der Waals surface area contributed by atoms with Gasteiger partial charge in [-0.1, -0.05) is 13.8 Å². The molecular weight excluding hydrogens is 212 g/mol. The first-order valence-electron chi connectivity index (χ1n) is 7.18. The van der Waals surface area contributed by atoms with Gasteiger partial charge in [0.1, 0.15) is 0 Å². The lowest BCUT2D eigenvalue weighted by atomic mass is 9.79. The Morgan fingerprint density at radius 3 is 2.41 bits per heavy atom. The van der Waals surface area contributed by atoms with Gasteiger partial charge in [0.25, 0.3) is 0 Å². The second-order valence-electron chi connectivity index (χ2n) is 6.01. The van der Waals surface area contributed by atoms with Crippen LogP contribution in [0.2, 0.25) is 0 Å². The van der Waals surface area contributed by atoms with E-state index in [4.69, 9.17) is 0 Å². The lowest BCUT2D eigenvalue weighted by Crippen LogP contribution is -2.38. The van der Waals surface area contributed by atoms with E-state index < -0.39 is 0 Å². The quantitative estimate of drug-likeness (QED) is 0.770. The molecule has 2 saturated carbocycles. The molecule has 98 valence electrons. The summed E-state index contributed by atoms with van der Waals surface area (Å²) < 4.78 is 0. The first-order valence-corrected chi connectivity index (χ1v) is 7.18. The van der Waals surface area contributed by atoms with Gasteiger partial charge in [0.15, 0.2) is 0 Å². The lowest BCUT2D eigenvalue weighted by molar-refractivity contribution is -0.121. The number of carbonyl (C=O) groups is 1. The van der Waals surface area contributed by atoms with E-state index in [2.05, 4.69) is 24.5 Å². The molecule has 17 heavy (non-hydrogen) atoms. The number of rotatable bonds is 5. The Labute approximate surface area is 105 Å². The monoisotopic (exact) mass is 238 g/mol. The van der Waals surface area contributed by atoms with Crippen molar-refractivity contribution in [3.63, 3.8) is 0 Å². The molecular formula is C14H26N2O. The highest BCUT2D eigenvalue weighted by Crippen LogP contribution is 2.29. The van der Waals surface area contributed by atoms with Crippen LogP contribution in [0.5, 0.6) is 0 Å². The van der Waals surface area contributed by atoms with Crippen molar-refractivity contribution in [2.24, 2.45) is 11.8 Å². The standard InChI is InChI=1S/C14H26N2O/c1-10-3-4-13(9-11(10)2)15-8-7-14(17)16-12-5-6-12/h10-13,15H,3-9H2,1-2H3,(H,16,17). The fraction of sp³-hybridized carbons (Fsp3) is 0.929. The largest absolute Gasteiger partial charge is 0.353 e. The van der Waals surface area contributed by atoms with Crippen LogP contribution in [0.1, 0.15) is 52.4 Å². The average molecular weight is 238 g/mol. The van der Waals surface area contributed by atoms with Crippen LogP contribution in [0.25, 0.3) is 0 Å². The summed E-state index contributed by atoms with van der Waals surface area (Å²) in [7, 11) is 0. The van der Waals surface area contributed by atoms with Crippen LogP contribution in [0, 0.1) is 11.8 Å². The molecule has 0 saturated heterocycles. The molecule has 0 aliphatic heterocycles. The zero-order valence-electron chi connectivity index (χ0n) is 11.2. The smallest absolute Gasteiger partial charge is 0.221 e. The van der Waals surface area contributed by atoms with Gasteiger partial charge in [0.2, 0.25) is 5.91 Å². The van der Waals surface area contributed by atoms with E-state index in [0.717, 1.165) is 18.4 Å². The molecule has 0 aromatic carbocycles. The summed E-state index contributed by atoms with van der Waals surface area (Å²) in [5, 5.41) is 6.56. The van der Waals surface area contributed by atoms with Crippen LogP contribution in [-0.2, 0) is 4.79 Å². The normalized spacial score (nSPS) is 33.4. The van der Waals surface area contributed by atoms with Crippen LogP contribution >= 0.6 is 0 Å². The maximum Gasteiger partial charge on any atom is 0.221 e. The van der Waals surface area contributed by atoms with E-state index >= 15 is 0 Å². The van der Waals surface area contributed by atoms with Crippen molar-refractivity contribution in [3.8, 4) is 0 Å². The van der Waals surface area contributed by atoms with Crippen molar-refractivity contribution in [1.29, 1.82) is 0 Å². The fourth-order valence-electron chi connectivity index (χ4n) is 2.65. The van der Waals surface area contributed by atoms with E-state index in [1.54, 1.807) is 0 Å². The van der Waals surface area contributed by atoms with Crippen LogP contribution in [0.4, 0.5) is 0 Å². The molecule has 2 aliphatic rings. The molecule has 3 atom stereocenters. The molecule has 0 heterocycles. The lowest BCUT2D eigenvalue weighted by Gasteiger charge is -2.32. The minimum absolute atomic E-state index is 0.220. The van der Waals surface area contributed by atoms with Gasteiger partial charge < -0.3 is 10.6 Å². The minimum atomic E-state index is 0.220. The van der Waals surface area contributed by atoms with Gasteiger partial charge >= 0.3 is 0 Å². The van der Waals surface area contributed by atoms with Crippen molar-refractivity contribution < 1.29 is 4.79 Å². The number of carbonyl (C=O) groups excluding carboxylic acids is 1. The highest BCUT2D eigenvalue weighted by atomic mass is 16.1. The highest BCUT2D eigenvalue weighted by molar-refractivity contribution is 5.76. The molecule has 2 N–H and O–H groups in total.